The first-order valence-corrected chi connectivity index (χ1v) is 3.80. The van der Waals surface area contributed by atoms with Crippen LogP contribution in [0.1, 0.15) is 13.3 Å². The van der Waals surface area contributed by atoms with Gasteiger partial charge in [-0.3, -0.25) is 4.79 Å². The van der Waals surface area contributed by atoms with Crippen LogP contribution in [0.25, 0.3) is 0 Å². The molecule has 1 aliphatic heterocycles. The molecule has 0 atom stereocenters. The van der Waals surface area contributed by atoms with Crippen LogP contribution in [-0.2, 0) is 4.79 Å². The van der Waals surface area contributed by atoms with Crippen LogP contribution >= 0.6 is 0 Å². The molecule has 0 fully saturated rings. The molecule has 0 aromatic rings. The molecule has 1 heterocycles. The van der Waals surface area contributed by atoms with Crippen molar-refractivity contribution >= 4 is 5.78 Å². The summed E-state index contributed by atoms with van der Waals surface area (Å²) in [5, 5.41) is 0. The lowest BCUT2D eigenvalue weighted by atomic mass is 10.3. The zero-order valence-electron chi connectivity index (χ0n) is 7.08. The second-order valence-corrected chi connectivity index (χ2v) is 2.96. The van der Waals surface area contributed by atoms with Crippen molar-refractivity contribution < 1.29 is 4.79 Å². The molecule has 0 unspecified atom stereocenters. The molecule has 3 heteroatoms. The molecular formula is C8H14N2O. The average molecular weight is 154 g/mol. The Morgan fingerprint density at radius 1 is 1.55 bits per heavy atom. The maximum atomic E-state index is 10.6. The van der Waals surface area contributed by atoms with Crippen molar-refractivity contribution in [3.8, 4) is 0 Å². The van der Waals surface area contributed by atoms with E-state index in [1.807, 2.05) is 19.4 Å². The van der Waals surface area contributed by atoms with E-state index in [1.165, 1.54) is 0 Å². The summed E-state index contributed by atoms with van der Waals surface area (Å²) in [6.07, 6.45) is 4.68. The highest BCUT2D eigenvalue weighted by atomic mass is 16.1. The van der Waals surface area contributed by atoms with Gasteiger partial charge in [0, 0.05) is 32.4 Å². The van der Waals surface area contributed by atoms with E-state index in [0.29, 0.717) is 6.42 Å². The first kappa shape index (κ1) is 8.11. The maximum Gasteiger partial charge on any atom is 0.131 e. The predicted molar refractivity (Wildman–Crippen MR) is 43.8 cm³/mol. The van der Waals surface area contributed by atoms with Gasteiger partial charge >= 0.3 is 0 Å². The van der Waals surface area contributed by atoms with Crippen LogP contribution in [0.15, 0.2) is 12.4 Å². The topological polar surface area (TPSA) is 23.6 Å². The minimum absolute atomic E-state index is 0.257. The normalized spacial score (nSPS) is 16.2. The van der Waals surface area contributed by atoms with Crippen molar-refractivity contribution in [1.82, 2.24) is 9.80 Å². The van der Waals surface area contributed by atoms with Gasteiger partial charge in [-0.25, -0.2) is 0 Å². The van der Waals surface area contributed by atoms with Gasteiger partial charge < -0.3 is 9.80 Å². The molecule has 0 spiro atoms. The fourth-order valence-corrected chi connectivity index (χ4v) is 1.04. The van der Waals surface area contributed by atoms with Crippen molar-refractivity contribution in [3.05, 3.63) is 12.4 Å². The molecule has 1 rings (SSSR count). The van der Waals surface area contributed by atoms with Crippen molar-refractivity contribution in [2.24, 2.45) is 0 Å². The van der Waals surface area contributed by atoms with Gasteiger partial charge in [-0.1, -0.05) is 0 Å². The molecule has 0 bridgehead atoms. The summed E-state index contributed by atoms with van der Waals surface area (Å²) >= 11 is 0. The Morgan fingerprint density at radius 3 is 2.73 bits per heavy atom. The number of rotatable bonds is 3. The molecular weight excluding hydrogens is 140 g/mol. The number of ketones is 1. The number of nitrogens with zero attached hydrogens (tertiary/aromatic N) is 2. The zero-order chi connectivity index (χ0) is 8.27. The summed E-state index contributed by atoms with van der Waals surface area (Å²) in [5.41, 5.74) is 0. The van der Waals surface area contributed by atoms with Gasteiger partial charge in [-0.15, -0.1) is 0 Å². The van der Waals surface area contributed by atoms with Crippen molar-refractivity contribution in [2.75, 3.05) is 20.3 Å². The zero-order valence-corrected chi connectivity index (χ0v) is 7.08. The molecule has 0 N–H and O–H groups in total. The largest absolute Gasteiger partial charge is 0.362 e. The minimum atomic E-state index is 0.257. The maximum absolute atomic E-state index is 10.6. The van der Waals surface area contributed by atoms with E-state index in [0.717, 1.165) is 13.2 Å². The summed E-state index contributed by atoms with van der Waals surface area (Å²) in [5.74, 6) is 0.257. The van der Waals surface area contributed by atoms with Gasteiger partial charge in [-0.05, 0) is 6.92 Å². The van der Waals surface area contributed by atoms with Gasteiger partial charge in [0.15, 0.2) is 0 Å². The second-order valence-electron chi connectivity index (χ2n) is 2.96. The molecule has 0 aromatic heterocycles. The Morgan fingerprint density at radius 2 is 2.27 bits per heavy atom. The third-order valence-corrected chi connectivity index (χ3v) is 1.69. The Kier molecular flexibility index (Phi) is 2.52. The molecule has 62 valence electrons. The van der Waals surface area contributed by atoms with E-state index in [1.54, 1.807) is 6.92 Å². The average Bonchev–Trinajstić information content (AvgIpc) is 2.31. The highest BCUT2D eigenvalue weighted by Gasteiger charge is 2.07. The molecule has 0 radical (unpaired) electrons. The SMILES string of the molecule is CC(=O)CCN1C=CN(C)C1. The van der Waals surface area contributed by atoms with E-state index in [9.17, 15) is 4.79 Å². The minimum Gasteiger partial charge on any atom is -0.362 e. The first-order valence-electron chi connectivity index (χ1n) is 3.80. The third kappa shape index (κ3) is 2.62. The summed E-state index contributed by atoms with van der Waals surface area (Å²) in [6, 6.07) is 0. The van der Waals surface area contributed by atoms with Crippen molar-refractivity contribution in [1.29, 1.82) is 0 Å². The third-order valence-electron chi connectivity index (χ3n) is 1.69. The lowest BCUT2D eigenvalue weighted by molar-refractivity contribution is -0.117. The first-order chi connectivity index (χ1) is 5.18. The summed E-state index contributed by atoms with van der Waals surface area (Å²) in [6.45, 7) is 3.38. The van der Waals surface area contributed by atoms with Crippen LogP contribution in [0.5, 0.6) is 0 Å². The van der Waals surface area contributed by atoms with Gasteiger partial charge in [0.2, 0.25) is 0 Å². The van der Waals surface area contributed by atoms with E-state index >= 15 is 0 Å². The number of carbonyl (C=O) groups excluding carboxylic acids is 1. The summed E-state index contributed by atoms with van der Waals surface area (Å²) < 4.78 is 0. The molecule has 0 saturated carbocycles. The lowest BCUT2D eigenvalue weighted by Crippen LogP contribution is -2.24. The standard InChI is InChI=1S/C8H14N2O/c1-8(11)3-4-10-6-5-9(2)7-10/h5-6H,3-4,7H2,1-2H3. The molecule has 0 aliphatic carbocycles. The number of Topliss-reactive ketones (excluding diaryl/α,β-unsaturated/α-hetero) is 1. The van der Waals surface area contributed by atoms with Crippen LogP contribution in [-0.4, -0.2) is 35.8 Å². The number of hydrogen-bond acceptors (Lipinski definition) is 3. The van der Waals surface area contributed by atoms with Crippen LogP contribution in [0.2, 0.25) is 0 Å². The van der Waals surface area contributed by atoms with Crippen LogP contribution < -0.4 is 0 Å². The Bertz CT molecular complexity index is 177. The van der Waals surface area contributed by atoms with Gasteiger partial charge in [0.25, 0.3) is 0 Å². The molecule has 11 heavy (non-hydrogen) atoms. The highest BCUT2D eigenvalue weighted by molar-refractivity contribution is 5.75. The quantitative estimate of drug-likeness (QED) is 0.596. The molecule has 0 amide bonds. The van der Waals surface area contributed by atoms with Gasteiger partial charge in [0.1, 0.15) is 5.78 Å². The Balaban J connectivity index is 2.19. The Labute approximate surface area is 67.3 Å². The monoisotopic (exact) mass is 154 g/mol. The lowest BCUT2D eigenvalue weighted by Gasteiger charge is -2.16. The predicted octanol–water partition coefficient (Wildman–Crippen LogP) is 0.642. The second kappa shape index (κ2) is 3.42. The van der Waals surface area contributed by atoms with Gasteiger partial charge in [-0.2, -0.15) is 0 Å². The van der Waals surface area contributed by atoms with Crippen LogP contribution in [0.3, 0.4) is 0 Å². The molecule has 0 aromatic carbocycles. The van der Waals surface area contributed by atoms with E-state index in [4.69, 9.17) is 0 Å². The summed E-state index contributed by atoms with van der Waals surface area (Å²) in [4.78, 5) is 14.8. The van der Waals surface area contributed by atoms with E-state index in [-0.39, 0.29) is 5.78 Å². The molecule has 0 saturated heterocycles. The highest BCUT2D eigenvalue weighted by Crippen LogP contribution is 2.03. The van der Waals surface area contributed by atoms with Crippen molar-refractivity contribution in [3.63, 3.8) is 0 Å². The van der Waals surface area contributed by atoms with Gasteiger partial charge in [0.05, 0.1) is 6.67 Å². The fraction of sp³-hybridized carbons (Fsp3) is 0.625. The Hall–Kier alpha value is -0.990. The molecule has 1 aliphatic rings. The number of hydrogen-bond donors (Lipinski definition) is 0. The summed E-state index contributed by atoms with van der Waals surface area (Å²) in [7, 11) is 2.02. The number of carbonyl (C=O) groups is 1. The van der Waals surface area contributed by atoms with Crippen LogP contribution in [0.4, 0.5) is 0 Å². The fourth-order valence-electron chi connectivity index (χ4n) is 1.04. The van der Waals surface area contributed by atoms with E-state index < -0.39 is 0 Å². The van der Waals surface area contributed by atoms with Crippen molar-refractivity contribution in [2.45, 2.75) is 13.3 Å². The van der Waals surface area contributed by atoms with Crippen LogP contribution in [0, 0.1) is 0 Å². The smallest absolute Gasteiger partial charge is 0.131 e. The molecule has 3 nitrogen and oxygen atoms in total. The van der Waals surface area contributed by atoms with E-state index in [2.05, 4.69) is 9.80 Å².